The maximum Gasteiger partial charge on any atom is 0.260 e. The summed E-state index contributed by atoms with van der Waals surface area (Å²) in [5.74, 6) is -0.342. The van der Waals surface area contributed by atoms with Crippen LogP contribution >= 0.6 is 11.6 Å². The lowest BCUT2D eigenvalue weighted by Gasteiger charge is -2.05. The van der Waals surface area contributed by atoms with Gasteiger partial charge >= 0.3 is 0 Å². The number of nitrogens with one attached hydrogen (secondary N) is 1. The second kappa shape index (κ2) is 4.80. The third kappa shape index (κ3) is 2.70. The van der Waals surface area contributed by atoms with Gasteiger partial charge in [-0.15, -0.1) is 0 Å². The van der Waals surface area contributed by atoms with Crippen LogP contribution in [0.5, 0.6) is 5.75 Å². The average molecular weight is 250 g/mol. The fraction of sp³-hybridized carbons (Fsp3) is 0. The van der Waals surface area contributed by atoms with Crippen molar-refractivity contribution in [2.45, 2.75) is 0 Å². The Labute approximate surface area is 102 Å². The van der Waals surface area contributed by atoms with Crippen molar-refractivity contribution in [2.24, 2.45) is 0 Å². The Morgan fingerprint density at radius 3 is 2.88 bits per heavy atom. The van der Waals surface area contributed by atoms with E-state index in [0.717, 1.165) is 0 Å². The first-order chi connectivity index (χ1) is 8.16. The Balaban J connectivity index is 2.20. The van der Waals surface area contributed by atoms with Gasteiger partial charge in [0, 0.05) is 6.20 Å². The van der Waals surface area contributed by atoms with E-state index in [0.29, 0.717) is 5.82 Å². The van der Waals surface area contributed by atoms with Crippen LogP contribution in [0.15, 0.2) is 36.7 Å². The van der Waals surface area contributed by atoms with E-state index in [-0.39, 0.29) is 16.5 Å². The third-order valence-electron chi connectivity index (χ3n) is 2.00. The molecule has 0 fully saturated rings. The molecule has 0 atom stereocenters. The van der Waals surface area contributed by atoms with Crippen LogP contribution in [0.2, 0.25) is 5.15 Å². The number of aromatic hydroxyl groups is 1. The van der Waals surface area contributed by atoms with Gasteiger partial charge in [0.2, 0.25) is 0 Å². The number of rotatable bonds is 2. The van der Waals surface area contributed by atoms with Gasteiger partial charge in [0.1, 0.15) is 16.7 Å². The molecule has 1 amide bonds. The van der Waals surface area contributed by atoms with Gasteiger partial charge in [0.25, 0.3) is 5.91 Å². The Morgan fingerprint density at radius 2 is 2.18 bits per heavy atom. The van der Waals surface area contributed by atoms with E-state index in [9.17, 15) is 9.90 Å². The van der Waals surface area contributed by atoms with E-state index in [2.05, 4.69) is 15.3 Å². The maximum absolute atomic E-state index is 11.8. The lowest BCUT2D eigenvalue weighted by Crippen LogP contribution is -2.13. The monoisotopic (exact) mass is 249 g/mol. The summed E-state index contributed by atoms with van der Waals surface area (Å²) in [6.45, 7) is 0. The zero-order chi connectivity index (χ0) is 12.3. The molecule has 0 radical (unpaired) electrons. The topological polar surface area (TPSA) is 75.1 Å². The van der Waals surface area contributed by atoms with Gasteiger partial charge in [0.15, 0.2) is 0 Å². The SMILES string of the molecule is O=C(Nc1cccc(Cl)n1)c1ccncc1O. The highest BCUT2D eigenvalue weighted by Gasteiger charge is 2.11. The largest absolute Gasteiger partial charge is 0.505 e. The predicted molar refractivity (Wildman–Crippen MR) is 63.1 cm³/mol. The van der Waals surface area contributed by atoms with Gasteiger partial charge in [-0.05, 0) is 18.2 Å². The Hall–Kier alpha value is -2.14. The number of carbonyl (C=O) groups is 1. The summed E-state index contributed by atoms with van der Waals surface area (Å²) in [4.78, 5) is 19.4. The van der Waals surface area contributed by atoms with Gasteiger partial charge in [-0.25, -0.2) is 4.98 Å². The second-order valence-electron chi connectivity index (χ2n) is 3.19. The molecule has 0 bridgehead atoms. The molecule has 17 heavy (non-hydrogen) atoms. The maximum atomic E-state index is 11.8. The zero-order valence-electron chi connectivity index (χ0n) is 8.59. The number of hydrogen-bond acceptors (Lipinski definition) is 4. The molecule has 6 heteroatoms. The molecule has 2 rings (SSSR count). The molecular weight excluding hydrogens is 242 g/mol. The van der Waals surface area contributed by atoms with Crippen LogP contribution in [0.3, 0.4) is 0 Å². The summed E-state index contributed by atoms with van der Waals surface area (Å²) in [7, 11) is 0. The van der Waals surface area contributed by atoms with Crippen LogP contribution in [0, 0.1) is 0 Å². The minimum atomic E-state index is -0.473. The first-order valence-electron chi connectivity index (χ1n) is 4.74. The van der Waals surface area contributed by atoms with Crippen molar-refractivity contribution in [1.82, 2.24) is 9.97 Å². The smallest absolute Gasteiger partial charge is 0.260 e. The standard InChI is InChI=1S/C11H8ClN3O2/c12-9-2-1-3-10(14-9)15-11(17)7-4-5-13-6-8(7)16/h1-6,16H,(H,14,15,17). The van der Waals surface area contributed by atoms with Gasteiger partial charge in [-0.1, -0.05) is 17.7 Å². The van der Waals surface area contributed by atoms with E-state index < -0.39 is 5.91 Å². The average Bonchev–Trinajstić information content (AvgIpc) is 2.29. The highest BCUT2D eigenvalue weighted by Crippen LogP contribution is 2.16. The van der Waals surface area contributed by atoms with Crippen LogP contribution in [0.4, 0.5) is 5.82 Å². The molecule has 0 aliphatic carbocycles. The van der Waals surface area contributed by atoms with Crippen molar-refractivity contribution in [3.63, 3.8) is 0 Å². The van der Waals surface area contributed by atoms with Crippen molar-refractivity contribution in [3.05, 3.63) is 47.4 Å². The quantitative estimate of drug-likeness (QED) is 0.799. The van der Waals surface area contributed by atoms with E-state index in [1.165, 1.54) is 18.5 Å². The van der Waals surface area contributed by atoms with Crippen molar-refractivity contribution < 1.29 is 9.90 Å². The fourth-order valence-electron chi connectivity index (χ4n) is 1.24. The van der Waals surface area contributed by atoms with Crippen molar-refractivity contribution in [2.75, 3.05) is 5.32 Å². The lowest BCUT2D eigenvalue weighted by molar-refractivity contribution is 0.102. The molecular formula is C11H8ClN3O2. The van der Waals surface area contributed by atoms with E-state index >= 15 is 0 Å². The molecule has 0 aromatic carbocycles. The van der Waals surface area contributed by atoms with E-state index in [1.54, 1.807) is 18.2 Å². The van der Waals surface area contributed by atoms with Crippen molar-refractivity contribution in [3.8, 4) is 5.75 Å². The van der Waals surface area contributed by atoms with Crippen LogP contribution in [-0.2, 0) is 0 Å². The molecule has 0 aliphatic rings. The normalized spacial score (nSPS) is 9.94. The predicted octanol–water partition coefficient (Wildman–Crippen LogP) is 2.09. The minimum Gasteiger partial charge on any atom is -0.505 e. The number of carbonyl (C=O) groups excluding carboxylic acids is 1. The minimum absolute atomic E-state index is 0.127. The molecule has 2 aromatic heterocycles. The molecule has 0 aliphatic heterocycles. The number of halogens is 1. The summed E-state index contributed by atoms with van der Waals surface area (Å²) in [6.07, 6.45) is 2.61. The Bertz CT molecular complexity index is 560. The molecule has 2 aromatic rings. The van der Waals surface area contributed by atoms with Crippen LogP contribution in [-0.4, -0.2) is 21.0 Å². The molecule has 0 saturated heterocycles. The number of amides is 1. The first kappa shape index (κ1) is 11.3. The van der Waals surface area contributed by atoms with Crippen LogP contribution in [0.1, 0.15) is 10.4 Å². The van der Waals surface area contributed by atoms with Gasteiger partial charge in [-0.2, -0.15) is 0 Å². The summed E-state index contributed by atoms with van der Waals surface area (Å²) >= 11 is 5.68. The molecule has 2 heterocycles. The molecule has 0 spiro atoms. The first-order valence-corrected chi connectivity index (χ1v) is 5.11. The van der Waals surface area contributed by atoms with Crippen molar-refractivity contribution >= 4 is 23.3 Å². The summed E-state index contributed by atoms with van der Waals surface area (Å²) in [6, 6.07) is 6.27. The number of nitrogens with zero attached hydrogens (tertiary/aromatic N) is 2. The molecule has 0 saturated carbocycles. The lowest BCUT2D eigenvalue weighted by atomic mass is 10.2. The Kier molecular flexibility index (Phi) is 3.20. The molecule has 86 valence electrons. The summed E-state index contributed by atoms with van der Waals surface area (Å²) < 4.78 is 0. The zero-order valence-corrected chi connectivity index (χ0v) is 9.35. The van der Waals surface area contributed by atoms with E-state index in [4.69, 9.17) is 11.6 Å². The van der Waals surface area contributed by atoms with Crippen molar-refractivity contribution in [1.29, 1.82) is 0 Å². The van der Waals surface area contributed by atoms with Gasteiger partial charge in [0.05, 0.1) is 11.8 Å². The number of pyridine rings is 2. The Morgan fingerprint density at radius 1 is 1.35 bits per heavy atom. The summed E-state index contributed by atoms with van der Waals surface area (Å²) in [5.41, 5.74) is 0.127. The highest BCUT2D eigenvalue weighted by molar-refractivity contribution is 6.29. The number of anilines is 1. The van der Waals surface area contributed by atoms with Gasteiger partial charge < -0.3 is 10.4 Å². The molecule has 0 unspecified atom stereocenters. The number of hydrogen-bond donors (Lipinski definition) is 2. The fourth-order valence-corrected chi connectivity index (χ4v) is 1.40. The van der Waals surface area contributed by atoms with E-state index in [1.807, 2.05) is 0 Å². The molecule has 2 N–H and O–H groups in total. The van der Waals surface area contributed by atoms with Gasteiger partial charge in [-0.3, -0.25) is 9.78 Å². The third-order valence-corrected chi connectivity index (χ3v) is 2.21. The molecule has 5 nitrogen and oxygen atoms in total. The van der Waals surface area contributed by atoms with Crippen LogP contribution < -0.4 is 5.32 Å². The van der Waals surface area contributed by atoms with Crippen LogP contribution in [0.25, 0.3) is 0 Å². The summed E-state index contributed by atoms with van der Waals surface area (Å²) in [5, 5.41) is 12.2. The number of aromatic nitrogens is 2. The second-order valence-corrected chi connectivity index (χ2v) is 3.58. The highest BCUT2D eigenvalue weighted by atomic mass is 35.5.